The smallest absolute Gasteiger partial charge is 0.391 e. The van der Waals surface area contributed by atoms with Gasteiger partial charge < -0.3 is 14.6 Å². The van der Waals surface area contributed by atoms with Crippen LogP contribution in [-0.4, -0.2) is 43.2 Å². The van der Waals surface area contributed by atoms with E-state index in [1.807, 2.05) is 0 Å². The molecular weight excluding hydrogens is 229 g/mol. The third kappa shape index (κ3) is 8.49. The average molecular weight is 244 g/mol. The Hall–Kier alpha value is -0.820. The van der Waals surface area contributed by atoms with E-state index in [2.05, 4.69) is 4.74 Å². The summed E-state index contributed by atoms with van der Waals surface area (Å²) in [6, 6.07) is 0. The van der Waals surface area contributed by atoms with Crippen LogP contribution >= 0.6 is 0 Å². The molecule has 0 radical (unpaired) electrons. The van der Waals surface area contributed by atoms with Crippen LogP contribution < -0.4 is 0 Å². The monoisotopic (exact) mass is 244 g/mol. The lowest BCUT2D eigenvalue weighted by molar-refractivity contribution is -0.154. The van der Waals surface area contributed by atoms with Crippen LogP contribution in [0.5, 0.6) is 0 Å². The number of carboxylic acid groups (broad SMARTS) is 1. The second-order valence-electron chi connectivity index (χ2n) is 3.05. The molecule has 1 unspecified atom stereocenters. The Balaban J connectivity index is 3.59. The maximum atomic E-state index is 11.7. The van der Waals surface area contributed by atoms with Gasteiger partial charge in [0.25, 0.3) is 0 Å². The van der Waals surface area contributed by atoms with Crippen LogP contribution in [0, 0.1) is 0 Å². The summed E-state index contributed by atoms with van der Waals surface area (Å²) in [5.41, 5.74) is 0. The Morgan fingerprint density at radius 3 is 2.44 bits per heavy atom. The van der Waals surface area contributed by atoms with E-state index in [-0.39, 0.29) is 19.6 Å². The third-order valence-electron chi connectivity index (χ3n) is 1.70. The summed E-state index contributed by atoms with van der Waals surface area (Å²) in [4.78, 5) is 10.6. The number of alkyl halides is 3. The van der Waals surface area contributed by atoms with Gasteiger partial charge in [0.05, 0.1) is 13.0 Å². The fourth-order valence-corrected chi connectivity index (χ4v) is 0.960. The molecule has 0 aliphatic carbocycles. The van der Waals surface area contributed by atoms with Crippen LogP contribution in [0.4, 0.5) is 13.2 Å². The zero-order valence-electron chi connectivity index (χ0n) is 8.92. The summed E-state index contributed by atoms with van der Waals surface area (Å²) in [5, 5.41) is 8.63. The van der Waals surface area contributed by atoms with Gasteiger partial charge in [-0.1, -0.05) is 0 Å². The van der Waals surface area contributed by atoms with E-state index in [1.165, 1.54) is 0 Å². The molecule has 4 nitrogen and oxygen atoms in total. The molecule has 0 aromatic heterocycles. The molecule has 0 amide bonds. The van der Waals surface area contributed by atoms with E-state index < -0.39 is 31.3 Å². The SMILES string of the molecule is CCOC(CCOCCC(F)(F)F)C(=O)O. The molecule has 0 aliphatic heterocycles. The van der Waals surface area contributed by atoms with Crippen molar-refractivity contribution < 1.29 is 32.5 Å². The Kier molecular flexibility index (Phi) is 7.07. The molecule has 0 aromatic carbocycles. The van der Waals surface area contributed by atoms with Crippen LogP contribution in [0.2, 0.25) is 0 Å². The molecule has 0 aliphatic rings. The molecule has 0 saturated heterocycles. The van der Waals surface area contributed by atoms with Crippen molar-refractivity contribution in [3.8, 4) is 0 Å². The molecule has 1 N–H and O–H groups in total. The van der Waals surface area contributed by atoms with Crippen LogP contribution in [0.3, 0.4) is 0 Å². The van der Waals surface area contributed by atoms with Gasteiger partial charge in [0.2, 0.25) is 0 Å². The number of rotatable bonds is 8. The Morgan fingerprint density at radius 1 is 1.38 bits per heavy atom. The van der Waals surface area contributed by atoms with Crippen LogP contribution in [-0.2, 0) is 14.3 Å². The van der Waals surface area contributed by atoms with Crippen molar-refractivity contribution in [2.24, 2.45) is 0 Å². The highest BCUT2D eigenvalue weighted by molar-refractivity contribution is 5.72. The zero-order valence-corrected chi connectivity index (χ0v) is 8.92. The standard InChI is InChI=1S/C9H15F3O4/c1-2-16-7(8(13)14)3-5-15-6-4-9(10,11)12/h7H,2-6H2,1H3,(H,13,14). The number of ether oxygens (including phenoxy) is 2. The van der Waals surface area contributed by atoms with Gasteiger partial charge in [0.1, 0.15) is 0 Å². The second-order valence-corrected chi connectivity index (χ2v) is 3.05. The minimum absolute atomic E-state index is 0.0427. The summed E-state index contributed by atoms with van der Waals surface area (Å²) in [5.74, 6) is -1.14. The van der Waals surface area contributed by atoms with Gasteiger partial charge in [-0.2, -0.15) is 13.2 Å². The lowest BCUT2D eigenvalue weighted by Gasteiger charge is -2.12. The molecule has 0 heterocycles. The van der Waals surface area contributed by atoms with E-state index in [4.69, 9.17) is 9.84 Å². The molecule has 0 spiro atoms. The van der Waals surface area contributed by atoms with Crippen molar-refractivity contribution in [2.75, 3.05) is 19.8 Å². The number of halogens is 3. The molecule has 0 fully saturated rings. The van der Waals surface area contributed by atoms with Crippen molar-refractivity contribution in [2.45, 2.75) is 32.0 Å². The second kappa shape index (κ2) is 7.45. The average Bonchev–Trinajstić information content (AvgIpc) is 2.13. The number of aliphatic carboxylic acids is 1. The molecule has 7 heteroatoms. The van der Waals surface area contributed by atoms with E-state index in [0.29, 0.717) is 0 Å². The van der Waals surface area contributed by atoms with Gasteiger partial charge in [-0.15, -0.1) is 0 Å². The molecule has 1 atom stereocenters. The van der Waals surface area contributed by atoms with E-state index in [0.717, 1.165) is 0 Å². The van der Waals surface area contributed by atoms with E-state index in [1.54, 1.807) is 6.92 Å². The van der Waals surface area contributed by atoms with Gasteiger partial charge in [-0.25, -0.2) is 4.79 Å². The Bertz CT molecular complexity index is 205. The first-order chi connectivity index (χ1) is 7.37. The first-order valence-corrected chi connectivity index (χ1v) is 4.85. The van der Waals surface area contributed by atoms with Crippen molar-refractivity contribution >= 4 is 5.97 Å². The largest absolute Gasteiger partial charge is 0.479 e. The number of carbonyl (C=O) groups is 1. The zero-order chi connectivity index (χ0) is 12.6. The predicted octanol–water partition coefficient (Wildman–Crippen LogP) is 1.84. The van der Waals surface area contributed by atoms with Crippen LogP contribution in [0.1, 0.15) is 19.8 Å². The Labute approximate surface area is 91.3 Å². The maximum absolute atomic E-state index is 11.7. The normalized spacial score (nSPS) is 13.8. The van der Waals surface area contributed by atoms with E-state index in [9.17, 15) is 18.0 Å². The van der Waals surface area contributed by atoms with Crippen LogP contribution in [0.15, 0.2) is 0 Å². The molecule has 0 bridgehead atoms. The first-order valence-electron chi connectivity index (χ1n) is 4.85. The summed E-state index contributed by atoms with van der Waals surface area (Å²) in [6.07, 6.45) is -6.25. The lowest BCUT2D eigenvalue weighted by atomic mass is 10.2. The van der Waals surface area contributed by atoms with E-state index >= 15 is 0 Å². The molecule has 96 valence electrons. The number of hydrogen-bond acceptors (Lipinski definition) is 3. The van der Waals surface area contributed by atoms with Gasteiger partial charge in [-0.3, -0.25) is 0 Å². The minimum atomic E-state index is -4.24. The van der Waals surface area contributed by atoms with Gasteiger partial charge in [0, 0.05) is 19.6 Å². The molecule has 16 heavy (non-hydrogen) atoms. The predicted molar refractivity (Wildman–Crippen MR) is 49.2 cm³/mol. The molecular formula is C9H15F3O4. The maximum Gasteiger partial charge on any atom is 0.391 e. The number of carboxylic acids is 1. The van der Waals surface area contributed by atoms with Gasteiger partial charge in [0.15, 0.2) is 6.10 Å². The summed E-state index contributed by atoms with van der Waals surface area (Å²) in [6.45, 7) is 1.36. The van der Waals surface area contributed by atoms with Crippen molar-refractivity contribution in [3.05, 3.63) is 0 Å². The highest BCUT2D eigenvalue weighted by Gasteiger charge is 2.26. The summed E-state index contributed by atoms with van der Waals surface area (Å²) >= 11 is 0. The molecule has 0 aromatic rings. The summed E-state index contributed by atoms with van der Waals surface area (Å²) < 4.78 is 44.6. The van der Waals surface area contributed by atoms with Gasteiger partial charge in [-0.05, 0) is 6.92 Å². The quantitative estimate of drug-likeness (QED) is 0.662. The molecule has 0 rings (SSSR count). The topological polar surface area (TPSA) is 55.8 Å². The van der Waals surface area contributed by atoms with Crippen molar-refractivity contribution in [3.63, 3.8) is 0 Å². The van der Waals surface area contributed by atoms with Gasteiger partial charge >= 0.3 is 12.1 Å². The fourth-order valence-electron chi connectivity index (χ4n) is 0.960. The lowest BCUT2D eigenvalue weighted by Crippen LogP contribution is -2.25. The summed E-state index contributed by atoms with van der Waals surface area (Å²) in [7, 11) is 0. The highest BCUT2D eigenvalue weighted by Crippen LogP contribution is 2.19. The Morgan fingerprint density at radius 2 is 2.00 bits per heavy atom. The van der Waals surface area contributed by atoms with Crippen molar-refractivity contribution in [1.82, 2.24) is 0 Å². The third-order valence-corrected chi connectivity index (χ3v) is 1.70. The first kappa shape index (κ1) is 15.2. The number of hydrogen-bond donors (Lipinski definition) is 1. The van der Waals surface area contributed by atoms with Crippen LogP contribution in [0.25, 0.3) is 0 Å². The highest BCUT2D eigenvalue weighted by atomic mass is 19.4. The fraction of sp³-hybridized carbons (Fsp3) is 0.889. The minimum Gasteiger partial charge on any atom is -0.479 e. The van der Waals surface area contributed by atoms with Crippen molar-refractivity contribution in [1.29, 1.82) is 0 Å². The molecule has 0 saturated carbocycles.